The van der Waals surface area contributed by atoms with E-state index >= 15 is 0 Å². The highest BCUT2D eigenvalue weighted by molar-refractivity contribution is 6.32. The highest BCUT2D eigenvalue weighted by Gasteiger charge is 2.25. The molecule has 1 saturated heterocycles. The third-order valence-electron chi connectivity index (χ3n) is 6.03. The lowest BCUT2D eigenvalue weighted by Gasteiger charge is -2.37. The number of nitrogens with one attached hydrogen (secondary N) is 1. The van der Waals surface area contributed by atoms with Crippen LogP contribution in [-0.4, -0.2) is 56.0 Å². The second-order valence-electron chi connectivity index (χ2n) is 8.20. The van der Waals surface area contributed by atoms with Crippen LogP contribution < -0.4 is 15.1 Å². The van der Waals surface area contributed by atoms with Gasteiger partial charge in [-0.2, -0.15) is 0 Å². The molecule has 0 bridgehead atoms. The lowest BCUT2D eigenvalue weighted by atomic mass is 10.0. The van der Waals surface area contributed by atoms with E-state index in [9.17, 15) is 9.59 Å². The number of amides is 2. The largest absolute Gasteiger partial charge is 0.369 e. The van der Waals surface area contributed by atoms with E-state index < -0.39 is 0 Å². The number of hydrogen-bond donors (Lipinski definition) is 1. The highest BCUT2D eigenvalue weighted by atomic mass is 35.5. The summed E-state index contributed by atoms with van der Waals surface area (Å²) in [5, 5.41) is 3.61. The maximum absolute atomic E-state index is 12.5. The standard InChI is InChI=1S/C24H29ClN4O2/c1-18(30)26-19-5-2-6-20(17-19)28-15-13-27(14-16-28)11-4-12-29-23-8-3-7-22(25)21(23)9-10-24(29)31/h2-3,5-8,17H,4,9-16H2,1H3,(H,26,30). The molecule has 164 valence electrons. The summed E-state index contributed by atoms with van der Waals surface area (Å²) in [4.78, 5) is 30.5. The molecule has 2 heterocycles. The van der Waals surface area contributed by atoms with Gasteiger partial charge in [0.1, 0.15) is 0 Å². The molecule has 2 aromatic rings. The highest BCUT2D eigenvalue weighted by Crippen LogP contribution is 2.33. The molecular formula is C24H29ClN4O2. The van der Waals surface area contributed by atoms with Gasteiger partial charge in [-0.1, -0.05) is 23.7 Å². The van der Waals surface area contributed by atoms with Crippen LogP contribution in [0.15, 0.2) is 42.5 Å². The van der Waals surface area contributed by atoms with Gasteiger partial charge in [-0.05, 0) is 55.3 Å². The summed E-state index contributed by atoms with van der Waals surface area (Å²) in [6, 6.07) is 13.8. The number of piperazine rings is 1. The molecule has 0 saturated carbocycles. The number of hydrogen-bond acceptors (Lipinski definition) is 4. The Morgan fingerprint density at radius 2 is 1.81 bits per heavy atom. The Hall–Kier alpha value is -2.57. The van der Waals surface area contributed by atoms with Crippen LogP contribution in [0.25, 0.3) is 0 Å². The molecule has 1 fully saturated rings. The molecule has 0 aliphatic carbocycles. The number of anilines is 3. The van der Waals surface area contributed by atoms with Crippen LogP contribution in [-0.2, 0) is 16.0 Å². The van der Waals surface area contributed by atoms with E-state index in [4.69, 9.17) is 11.6 Å². The molecule has 2 aromatic carbocycles. The minimum atomic E-state index is -0.0564. The van der Waals surface area contributed by atoms with E-state index in [1.165, 1.54) is 6.92 Å². The van der Waals surface area contributed by atoms with Gasteiger partial charge in [0.2, 0.25) is 11.8 Å². The number of carbonyl (C=O) groups is 2. The van der Waals surface area contributed by atoms with Gasteiger partial charge in [0.05, 0.1) is 0 Å². The zero-order valence-electron chi connectivity index (χ0n) is 17.9. The van der Waals surface area contributed by atoms with Crippen molar-refractivity contribution >= 4 is 40.5 Å². The Balaban J connectivity index is 1.27. The number of nitrogens with zero attached hydrogens (tertiary/aromatic N) is 3. The average molecular weight is 441 g/mol. The summed E-state index contributed by atoms with van der Waals surface area (Å²) in [6.45, 7) is 7.09. The Morgan fingerprint density at radius 1 is 1.03 bits per heavy atom. The number of carbonyl (C=O) groups excluding carboxylic acids is 2. The molecule has 2 amide bonds. The number of benzene rings is 2. The van der Waals surface area contributed by atoms with Crippen molar-refractivity contribution in [3.05, 3.63) is 53.1 Å². The molecular weight excluding hydrogens is 412 g/mol. The lowest BCUT2D eigenvalue weighted by molar-refractivity contribution is -0.119. The predicted octanol–water partition coefficient (Wildman–Crippen LogP) is 3.79. The van der Waals surface area contributed by atoms with E-state index in [0.717, 1.165) is 79.8 Å². The first-order valence-corrected chi connectivity index (χ1v) is 11.3. The SMILES string of the molecule is CC(=O)Nc1cccc(N2CCN(CCCN3C(=O)CCc4c(Cl)cccc43)CC2)c1. The second kappa shape index (κ2) is 9.71. The monoisotopic (exact) mass is 440 g/mol. The third-order valence-corrected chi connectivity index (χ3v) is 6.39. The zero-order chi connectivity index (χ0) is 21.8. The topological polar surface area (TPSA) is 55.9 Å². The maximum Gasteiger partial charge on any atom is 0.227 e. The van der Waals surface area contributed by atoms with E-state index in [0.29, 0.717) is 6.42 Å². The Kier molecular flexibility index (Phi) is 6.78. The fourth-order valence-corrected chi connectivity index (χ4v) is 4.72. The lowest BCUT2D eigenvalue weighted by Crippen LogP contribution is -2.47. The Labute approximate surface area is 188 Å². The van der Waals surface area contributed by atoms with Gasteiger partial charge in [0, 0.05) is 68.2 Å². The van der Waals surface area contributed by atoms with Gasteiger partial charge in [-0.25, -0.2) is 0 Å². The summed E-state index contributed by atoms with van der Waals surface area (Å²) in [7, 11) is 0. The zero-order valence-corrected chi connectivity index (χ0v) is 18.7. The predicted molar refractivity (Wildman–Crippen MR) is 126 cm³/mol. The number of fused-ring (bicyclic) bond motifs is 1. The maximum atomic E-state index is 12.5. The van der Waals surface area contributed by atoms with Crippen molar-refractivity contribution in [3.63, 3.8) is 0 Å². The second-order valence-corrected chi connectivity index (χ2v) is 8.60. The van der Waals surface area contributed by atoms with Crippen LogP contribution in [0.3, 0.4) is 0 Å². The summed E-state index contributed by atoms with van der Waals surface area (Å²) in [5.74, 6) is 0.137. The Morgan fingerprint density at radius 3 is 2.58 bits per heavy atom. The first-order valence-electron chi connectivity index (χ1n) is 10.9. The molecule has 4 rings (SSSR count). The van der Waals surface area contributed by atoms with Crippen molar-refractivity contribution in [2.75, 3.05) is 54.4 Å². The van der Waals surface area contributed by atoms with Gasteiger partial charge < -0.3 is 15.1 Å². The van der Waals surface area contributed by atoms with Crippen molar-refractivity contribution in [2.24, 2.45) is 0 Å². The average Bonchev–Trinajstić information content (AvgIpc) is 2.76. The third kappa shape index (κ3) is 5.20. The van der Waals surface area contributed by atoms with Gasteiger partial charge in [-0.3, -0.25) is 14.5 Å². The molecule has 2 aliphatic rings. The number of rotatable bonds is 6. The van der Waals surface area contributed by atoms with Gasteiger partial charge in [0.25, 0.3) is 0 Å². The molecule has 0 unspecified atom stereocenters. The Bertz CT molecular complexity index is 956. The van der Waals surface area contributed by atoms with Gasteiger partial charge >= 0.3 is 0 Å². The van der Waals surface area contributed by atoms with E-state index in [2.05, 4.69) is 21.2 Å². The van der Waals surface area contributed by atoms with Crippen molar-refractivity contribution in [1.82, 2.24) is 4.90 Å². The van der Waals surface area contributed by atoms with Crippen molar-refractivity contribution in [3.8, 4) is 0 Å². The molecule has 31 heavy (non-hydrogen) atoms. The molecule has 2 aliphatic heterocycles. The fraction of sp³-hybridized carbons (Fsp3) is 0.417. The van der Waals surface area contributed by atoms with Crippen molar-refractivity contribution in [1.29, 1.82) is 0 Å². The molecule has 0 atom stereocenters. The van der Waals surface area contributed by atoms with Crippen LogP contribution in [0.2, 0.25) is 5.02 Å². The molecule has 1 N–H and O–H groups in total. The summed E-state index contributed by atoms with van der Waals surface area (Å²) < 4.78 is 0. The van der Waals surface area contributed by atoms with Crippen LogP contribution in [0, 0.1) is 0 Å². The van der Waals surface area contributed by atoms with Crippen LogP contribution in [0.1, 0.15) is 25.3 Å². The first-order chi connectivity index (χ1) is 15.0. The fourth-order valence-electron chi connectivity index (χ4n) is 4.46. The van der Waals surface area contributed by atoms with E-state index in [1.54, 1.807) is 0 Å². The van der Waals surface area contributed by atoms with Crippen LogP contribution >= 0.6 is 11.6 Å². The van der Waals surface area contributed by atoms with Crippen molar-refractivity contribution < 1.29 is 9.59 Å². The quantitative estimate of drug-likeness (QED) is 0.742. The summed E-state index contributed by atoms with van der Waals surface area (Å²) in [6.07, 6.45) is 2.21. The van der Waals surface area contributed by atoms with Gasteiger partial charge in [0.15, 0.2) is 0 Å². The molecule has 6 nitrogen and oxygen atoms in total. The normalized spacial score (nSPS) is 16.9. The van der Waals surface area contributed by atoms with E-state index in [-0.39, 0.29) is 11.8 Å². The van der Waals surface area contributed by atoms with Crippen LogP contribution in [0.5, 0.6) is 0 Å². The summed E-state index contributed by atoms with van der Waals surface area (Å²) >= 11 is 6.34. The summed E-state index contributed by atoms with van der Waals surface area (Å²) in [5.41, 5.74) is 4.05. The molecule has 0 aromatic heterocycles. The van der Waals surface area contributed by atoms with Crippen LogP contribution in [0.4, 0.5) is 17.1 Å². The minimum absolute atomic E-state index is 0.0564. The first kappa shape index (κ1) is 21.7. The molecule has 0 spiro atoms. The van der Waals surface area contributed by atoms with Crippen molar-refractivity contribution in [2.45, 2.75) is 26.2 Å². The van der Waals surface area contributed by atoms with Gasteiger partial charge in [-0.15, -0.1) is 0 Å². The number of halogens is 1. The molecule has 0 radical (unpaired) electrons. The smallest absolute Gasteiger partial charge is 0.227 e. The molecule has 7 heteroatoms. The van der Waals surface area contributed by atoms with E-state index in [1.807, 2.05) is 41.3 Å². The minimum Gasteiger partial charge on any atom is -0.369 e.